The molecule has 0 saturated carbocycles. The Morgan fingerprint density at radius 1 is 1.00 bits per heavy atom. The summed E-state index contributed by atoms with van der Waals surface area (Å²) in [4.78, 5) is 0. The van der Waals surface area contributed by atoms with E-state index in [1.165, 1.54) is 0 Å². The first-order chi connectivity index (χ1) is 4.24. The van der Waals surface area contributed by atoms with Crippen LogP contribution in [-0.4, -0.2) is 62.4 Å². The van der Waals surface area contributed by atoms with Crippen LogP contribution in [0.2, 0.25) is 0 Å². The molecular formula is C6H14O3Pb. The molecule has 0 spiro atoms. The summed E-state index contributed by atoms with van der Waals surface area (Å²) in [6, 6.07) is 0. The van der Waals surface area contributed by atoms with Crippen LogP contribution < -0.4 is 0 Å². The molecule has 4 heteroatoms. The van der Waals surface area contributed by atoms with Gasteiger partial charge in [0, 0.05) is 32.7 Å². The minimum atomic E-state index is -0.667. The van der Waals surface area contributed by atoms with E-state index in [-0.39, 0.29) is 47.1 Å². The molecule has 0 rings (SSSR count). The van der Waals surface area contributed by atoms with Crippen molar-refractivity contribution >= 4 is 27.3 Å². The molecule has 60 valence electrons. The fourth-order valence-corrected chi connectivity index (χ4v) is 0.485. The van der Waals surface area contributed by atoms with Crippen LogP contribution in [-0.2, 0) is 0 Å². The van der Waals surface area contributed by atoms with E-state index >= 15 is 0 Å². The average molecular weight is 341 g/mol. The van der Waals surface area contributed by atoms with E-state index in [2.05, 4.69) is 0 Å². The van der Waals surface area contributed by atoms with Gasteiger partial charge in [0.2, 0.25) is 0 Å². The molecule has 0 aliphatic rings. The summed E-state index contributed by atoms with van der Waals surface area (Å²) >= 11 is 0. The molecule has 0 unspecified atom stereocenters. The molecule has 0 saturated heterocycles. The molecule has 0 aromatic heterocycles. The van der Waals surface area contributed by atoms with Crippen LogP contribution in [0.3, 0.4) is 0 Å². The van der Waals surface area contributed by atoms with Crippen molar-refractivity contribution in [2.75, 3.05) is 19.8 Å². The Kier molecular flexibility index (Phi) is 8.72. The number of hydrogen-bond acceptors (Lipinski definition) is 3. The summed E-state index contributed by atoms with van der Waals surface area (Å²) in [5.74, 6) is 0. The Hall–Kier alpha value is 0.802. The van der Waals surface area contributed by atoms with Gasteiger partial charge in [0.15, 0.2) is 0 Å². The van der Waals surface area contributed by atoms with E-state index in [0.29, 0.717) is 6.42 Å². The predicted molar refractivity (Wildman–Crippen MR) is 39.7 cm³/mol. The largest absolute Gasteiger partial charge is 0.396 e. The third-order valence-corrected chi connectivity index (χ3v) is 1.76. The first kappa shape index (κ1) is 13.4. The van der Waals surface area contributed by atoms with Gasteiger partial charge in [-0.1, -0.05) is 6.92 Å². The molecule has 10 heavy (non-hydrogen) atoms. The van der Waals surface area contributed by atoms with Crippen LogP contribution in [0.25, 0.3) is 0 Å². The topological polar surface area (TPSA) is 60.7 Å². The maximum absolute atomic E-state index is 8.66. The molecular weight excluding hydrogens is 327 g/mol. The van der Waals surface area contributed by atoms with Crippen molar-refractivity contribution in [1.29, 1.82) is 0 Å². The molecule has 0 bridgehead atoms. The van der Waals surface area contributed by atoms with Crippen LogP contribution >= 0.6 is 0 Å². The second kappa shape index (κ2) is 6.51. The molecule has 3 N–H and O–H groups in total. The van der Waals surface area contributed by atoms with E-state index in [1.807, 2.05) is 6.92 Å². The van der Waals surface area contributed by atoms with E-state index in [1.54, 1.807) is 0 Å². The van der Waals surface area contributed by atoms with Crippen molar-refractivity contribution < 1.29 is 15.3 Å². The van der Waals surface area contributed by atoms with Crippen LogP contribution in [0.5, 0.6) is 0 Å². The number of aliphatic hydroxyl groups excluding tert-OH is 3. The standard InChI is InChI=1S/C6H14O3.Pb/c1-2-6(3-7,4-8)5-9;/h7-9H,2-5H2,1H3;. The van der Waals surface area contributed by atoms with Crippen LogP contribution in [0, 0.1) is 5.41 Å². The van der Waals surface area contributed by atoms with Gasteiger partial charge in [0.25, 0.3) is 0 Å². The summed E-state index contributed by atoms with van der Waals surface area (Å²) in [6.07, 6.45) is 0.594. The third-order valence-electron chi connectivity index (χ3n) is 1.76. The van der Waals surface area contributed by atoms with E-state index in [4.69, 9.17) is 15.3 Å². The van der Waals surface area contributed by atoms with Gasteiger partial charge in [-0.25, -0.2) is 0 Å². The molecule has 0 amide bonds. The van der Waals surface area contributed by atoms with Crippen molar-refractivity contribution in [3.8, 4) is 0 Å². The Morgan fingerprint density at radius 3 is 1.30 bits per heavy atom. The second-order valence-electron chi connectivity index (χ2n) is 2.33. The Bertz CT molecular complexity index is 55.9. The van der Waals surface area contributed by atoms with Gasteiger partial charge < -0.3 is 15.3 Å². The van der Waals surface area contributed by atoms with E-state index < -0.39 is 5.41 Å². The zero-order chi connectivity index (χ0) is 7.33. The predicted octanol–water partition coefficient (Wildman–Crippen LogP) is -1.02. The molecule has 0 aromatic rings. The van der Waals surface area contributed by atoms with E-state index in [0.717, 1.165) is 0 Å². The fourth-order valence-electron chi connectivity index (χ4n) is 0.485. The van der Waals surface area contributed by atoms with Crippen molar-refractivity contribution in [3.63, 3.8) is 0 Å². The zero-order valence-corrected chi connectivity index (χ0v) is 10.1. The van der Waals surface area contributed by atoms with Gasteiger partial charge >= 0.3 is 0 Å². The Balaban J connectivity index is 0. The van der Waals surface area contributed by atoms with Gasteiger partial charge in [-0.2, -0.15) is 0 Å². The molecule has 0 aliphatic heterocycles. The average Bonchev–Trinajstić information content (AvgIpc) is 1.95. The second-order valence-corrected chi connectivity index (χ2v) is 2.33. The minimum absolute atomic E-state index is 0. The first-order valence-electron chi connectivity index (χ1n) is 3.07. The Labute approximate surface area is 81.2 Å². The summed E-state index contributed by atoms with van der Waals surface area (Å²) in [5, 5.41) is 26.0. The molecule has 4 radical (unpaired) electrons. The first-order valence-corrected chi connectivity index (χ1v) is 3.07. The van der Waals surface area contributed by atoms with Crippen LogP contribution in [0.15, 0.2) is 0 Å². The minimum Gasteiger partial charge on any atom is -0.396 e. The maximum Gasteiger partial charge on any atom is 0.0531 e. The van der Waals surface area contributed by atoms with Gasteiger partial charge in [0.1, 0.15) is 0 Å². The van der Waals surface area contributed by atoms with Gasteiger partial charge in [-0.15, -0.1) is 0 Å². The molecule has 0 fully saturated rings. The SMILES string of the molecule is CCC(CO)(CO)CO.[Pb]. The molecule has 0 aromatic carbocycles. The van der Waals surface area contributed by atoms with Gasteiger partial charge in [-0.05, 0) is 6.42 Å². The van der Waals surface area contributed by atoms with Crippen LogP contribution in [0.1, 0.15) is 13.3 Å². The number of aliphatic hydroxyl groups is 3. The van der Waals surface area contributed by atoms with Crippen molar-refractivity contribution in [3.05, 3.63) is 0 Å². The molecule has 0 atom stereocenters. The maximum atomic E-state index is 8.66. The Morgan fingerprint density at radius 2 is 1.30 bits per heavy atom. The smallest absolute Gasteiger partial charge is 0.0531 e. The van der Waals surface area contributed by atoms with Gasteiger partial charge in [0.05, 0.1) is 19.8 Å². The number of rotatable bonds is 4. The number of hydrogen-bond donors (Lipinski definition) is 3. The quantitative estimate of drug-likeness (QED) is 0.574. The summed E-state index contributed by atoms with van der Waals surface area (Å²) < 4.78 is 0. The summed E-state index contributed by atoms with van der Waals surface area (Å²) in [5.41, 5.74) is -0.667. The fraction of sp³-hybridized carbons (Fsp3) is 1.00. The third kappa shape index (κ3) is 3.27. The van der Waals surface area contributed by atoms with Crippen molar-refractivity contribution in [1.82, 2.24) is 0 Å². The van der Waals surface area contributed by atoms with Gasteiger partial charge in [-0.3, -0.25) is 0 Å². The molecule has 3 nitrogen and oxygen atoms in total. The molecule has 0 heterocycles. The van der Waals surface area contributed by atoms with Crippen molar-refractivity contribution in [2.45, 2.75) is 13.3 Å². The summed E-state index contributed by atoms with van der Waals surface area (Å²) in [6.45, 7) is 1.35. The normalized spacial score (nSPS) is 10.8. The van der Waals surface area contributed by atoms with Crippen LogP contribution in [0.4, 0.5) is 0 Å². The summed E-state index contributed by atoms with van der Waals surface area (Å²) in [7, 11) is 0. The monoisotopic (exact) mass is 342 g/mol. The van der Waals surface area contributed by atoms with E-state index in [9.17, 15) is 0 Å². The zero-order valence-electron chi connectivity index (χ0n) is 6.17. The van der Waals surface area contributed by atoms with Crippen molar-refractivity contribution in [2.24, 2.45) is 5.41 Å². The molecule has 0 aliphatic carbocycles.